The second-order valence-corrected chi connectivity index (χ2v) is 6.81. The van der Waals surface area contributed by atoms with E-state index in [-0.39, 0.29) is 11.0 Å². The molecule has 1 aliphatic rings. The van der Waals surface area contributed by atoms with Gasteiger partial charge < -0.3 is 10.1 Å². The van der Waals surface area contributed by atoms with Crippen LogP contribution in [0.4, 0.5) is 5.82 Å². The maximum absolute atomic E-state index is 11.6. The van der Waals surface area contributed by atoms with Crippen LogP contribution in [0.25, 0.3) is 0 Å². The van der Waals surface area contributed by atoms with E-state index in [0.717, 1.165) is 25.9 Å². The normalized spacial score (nSPS) is 20.2. The van der Waals surface area contributed by atoms with E-state index in [2.05, 4.69) is 10.3 Å². The molecule has 1 unspecified atom stereocenters. The van der Waals surface area contributed by atoms with Crippen LogP contribution in [0.5, 0.6) is 0 Å². The number of rotatable bonds is 5. The third-order valence-corrected chi connectivity index (χ3v) is 4.33. The Morgan fingerprint density at radius 1 is 1.47 bits per heavy atom. The van der Waals surface area contributed by atoms with Crippen molar-refractivity contribution in [3.63, 3.8) is 0 Å². The van der Waals surface area contributed by atoms with Gasteiger partial charge in [0.2, 0.25) is 0 Å². The smallest absolute Gasteiger partial charge is 0.179 e. The van der Waals surface area contributed by atoms with Crippen molar-refractivity contribution in [1.29, 1.82) is 0 Å². The average molecular weight is 284 g/mol. The van der Waals surface area contributed by atoms with Crippen molar-refractivity contribution >= 4 is 15.7 Å². The molecule has 1 fully saturated rings. The average Bonchev–Trinajstić information content (AvgIpc) is 2.39. The van der Waals surface area contributed by atoms with Crippen LogP contribution in [-0.4, -0.2) is 38.9 Å². The van der Waals surface area contributed by atoms with E-state index in [1.54, 1.807) is 18.3 Å². The molecule has 19 heavy (non-hydrogen) atoms. The zero-order valence-corrected chi connectivity index (χ0v) is 11.9. The molecule has 1 aromatic rings. The van der Waals surface area contributed by atoms with Gasteiger partial charge in [-0.1, -0.05) is 0 Å². The van der Waals surface area contributed by atoms with Crippen LogP contribution in [0.15, 0.2) is 23.2 Å². The van der Waals surface area contributed by atoms with Crippen LogP contribution in [0.2, 0.25) is 0 Å². The number of hydrogen-bond donors (Lipinski definition) is 1. The highest BCUT2D eigenvalue weighted by Crippen LogP contribution is 2.19. The molecule has 2 heterocycles. The number of sulfone groups is 1. The zero-order valence-electron chi connectivity index (χ0n) is 11.1. The molecule has 0 aliphatic carbocycles. The number of anilines is 1. The summed E-state index contributed by atoms with van der Waals surface area (Å²) in [7, 11) is -3.25. The summed E-state index contributed by atoms with van der Waals surface area (Å²) < 4.78 is 28.9. The van der Waals surface area contributed by atoms with Crippen LogP contribution < -0.4 is 5.32 Å². The number of aromatic nitrogens is 1. The molecule has 106 valence electrons. The quantitative estimate of drug-likeness (QED) is 0.893. The largest absolute Gasteiger partial charge is 0.378 e. The molecule has 0 saturated carbocycles. The summed E-state index contributed by atoms with van der Waals surface area (Å²) in [5.74, 6) is 0.431. The van der Waals surface area contributed by atoms with Gasteiger partial charge in [0.25, 0.3) is 0 Å². The van der Waals surface area contributed by atoms with Gasteiger partial charge in [-0.25, -0.2) is 13.4 Å². The molecule has 2 rings (SSSR count). The van der Waals surface area contributed by atoms with E-state index < -0.39 is 9.84 Å². The highest BCUT2D eigenvalue weighted by Gasteiger charge is 2.16. The first-order valence-electron chi connectivity index (χ1n) is 6.58. The van der Waals surface area contributed by atoms with Gasteiger partial charge in [-0.15, -0.1) is 0 Å². The summed E-state index contributed by atoms with van der Waals surface area (Å²) >= 11 is 0. The summed E-state index contributed by atoms with van der Waals surface area (Å²) in [5, 5.41) is 3.10. The Morgan fingerprint density at radius 3 is 3.00 bits per heavy atom. The lowest BCUT2D eigenvalue weighted by atomic mass is 10.1. The first-order valence-corrected chi connectivity index (χ1v) is 8.47. The third-order valence-electron chi connectivity index (χ3n) is 3.20. The highest BCUT2D eigenvalue weighted by molar-refractivity contribution is 7.90. The molecule has 5 nitrogen and oxygen atoms in total. The SMILES string of the molecule is CS(=O)(=O)c1cccnc1NCCC1CCCCO1. The van der Waals surface area contributed by atoms with Crippen molar-refractivity contribution in [2.24, 2.45) is 0 Å². The minimum Gasteiger partial charge on any atom is -0.378 e. The van der Waals surface area contributed by atoms with Gasteiger partial charge in [-0.3, -0.25) is 0 Å². The molecule has 1 saturated heterocycles. The highest BCUT2D eigenvalue weighted by atomic mass is 32.2. The standard InChI is InChI=1S/C13H20N2O3S/c1-19(16,17)12-6-4-8-14-13(12)15-9-7-11-5-2-3-10-18-11/h4,6,8,11H,2-3,5,7,9-10H2,1H3,(H,14,15). The van der Waals surface area contributed by atoms with Crippen LogP contribution in [0.3, 0.4) is 0 Å². The fraction of sp³-hybridized carbons (Fsp3) is 0.615. The lowest BCUT2D eigenvalue weighted by Crippen LogP contribution is -2.22. The summed E-state index contributed by atoms with van der Waals surface area (Å²) in [6.07, 6.45) is 7.38. The zero-order chi connectivity index (χ0) is 13.7. The Labute approximate surface area is 114 Å². The molecule has 1 atom stereocenters. The topological polar surface area (TPSA) is 68.3 Å². The van der Waals surface area contributed by atoms with E-state index in [1.165, 1.54) is 12.7 Å². The molecular formula is C13H20N2O3S. The molecule has 0 radical (unpaired) electrons. The van der Waals surface area contributed by atoms with Gasteiger partial charge in [0.1, 0.15) is 10.7 Å². The van der Waals surface area contributed by atoms with Gasteiger partial charge >= 0.3 is 0 Å². The Hall–Kier alpha value is -1.14. The van der Waals surface area contributed by atoms with Gasteiger partial charge in [0.05, 0.1) is 6.10 Å². The maximum Gasteiger partial charge on any atom is 0.179 e. The molecule has 1 aliphatic heterocycles. The Bertz CT molecular complexity index is 510. The number of nitrogens with one attached hydrogen (secondary N) is 1. The second kappa shape index (κ2) is 6.34. The Morgan fingerprint density at radius 2 is 2.32 bits per heavy atom. The molecule has 0 amide bonds. The van der Waals surface area contributed by atoms with E-state index >= 15 is 0 Å². The summed E-state index contributed by atoms with van der Waals surface area (Å²) in [4.78, 5) is 4.35. The van der Waals surface area contributed by atoms with Crippen molar-refractivity contribution in [2.45, 2.75) is 36.7 Å². The number of nitrogens with zero attached hydrogens (tertiary/aromatic N) is 1. The third kappa shape index (κ3) is 4.18. The second-order valence-electron chi connectivity index (χ2n) is 4.83. The van der Waals surface area contributed by atoms with Gasteiger partial charge in [0.15, 0.2) is 9.84 Å². The fourth-order valence-electron chi connectivity index (χ4n) is 2.21. The maximum atomic E-state index is 11.6. The summed E-state index contributed by atoms with van der Waals surface area (Å²) in [5.41, 5.74) is 0. The molecule has 0 bridgehead atoms. The fourth-order valence-corrected chi connectivity index (χ4v) is 3.01. The van der Waals surface area contributed by atoms with E-state index in [0.29, 0.717) is 12.4 Å². The predicted molar refractivity (Wildman–Crippen MR) is 74.0 cm³/mol. The minimum atomic E-state index is -3.25. The molecular weight excluding hydrogens is 264 g/mol. The lowest BCUT2D eigenvalue weighted by Gasteiger charge is -2.22. The first-order chi connectivity index (χ1) is 9.07. The van der Waals surface area contributed by atoms with Gasteiger partial charge in [-0.2, -0.15) is 0 Å². The van der Waals surface area contributed by atoms with Crippen LogP contribution in [0, 0.1) is 0 Å². The molecule has 0 aromatic carbocycles. The van der Waals surface area contributed by atoms with Crippen molar-refractivity contribution in [3.05, 3.63) is 18.3 Å². The summed E-state index contributed by atoms with van der Waals surface area (Å²) in [6, 6.07) is 3.20. The summed E-state index contributed by atoms with van der Waals surface area (Å²) in [6.45, 7) is 1.51. The Balaban J connectivity index is 1.92. The van der Waals surface area contributed by atoms with Crippen molar-refractivity contribution < 1.29 is 13.2 Å². The van der Waals surface area contributed by atoms with Crippen LogP contribution in [0.1, 0.15) is 25.7 Å². The minimum absolute atomic E-state index is 0.250. The molecule has 1 N–H and O–H groups in total. The van der Waals surface area contributed by atoms with Gasteiger partial charge in [-0.05, 0) is 37.8 Å². The number of ether oxygens (including phenoxy) is 1. The van der Waals surface area contributed by atoms with Crippen molar-refractivity contribution in [1.82, 2.24) is 4.98 Å². The van der Waals surface area contributed by atoms with E-state index in [9.17, 15) is 8.42 Å². The molecule has 6 heteroatoms. The van der Waals surface area contributed by atoms with E-state index in [4.69, 9.17) is 4.74 Å². The molecule has 1 aromatic heterocycles. The van der Waals surface area contributed by atoms with Crippen molar-refractivity contribution in [2.75, 3.05) is 24.7 Å². The van der Waals surface area contributed by atoms with Crippen LogP contribution >= 0.6 is 0 Å². The molecule has 0 spiro atoms. The van der Waals surface area contributed by atoms with E-state index in [1.807, 2.05) is 0 Å². The monoisotopic (exact) mass is 284 g/mol. The first kappa shape index (κ1) is 14.3. The van der Waals surface area contributed by atoms with Crippen molar-refractivity contribution in [3.8, 4) is 0 Å². The Kier molecular flexibility index (Phi) is 4.76. The predicted octanol–water partition coefficient (Wildman–Crippen LogP) is 1.86. The number of pyridine rings is 1. The van der Waals surface area contributed by atoms with Crippen LogP contribution in [-0.2, 0) is 14.6 Å². The number of hydrogen-bond acceptors (Lipinski definition) is 5. The van der Waals surface area contributed by atoms with Gasteiger partial charge in [0, 0.05) is 25.6 Å². The lowest BCUT2D eigenvalue weighted by molar-refractivity contribution is 0.0134.